The zero-order valence-electron chi connectivity index (χ0n) is 27.1. The van der Waals surface area contributed by atoms with E-state index in [1.165, 1.54) is 71.0 Å². The third kappa shape index (κ3) is 8.68. The molecule has 0 saturated carbocycles. The van der Waals surface area contributed by atoms with Crippen LogP contribution in [0.2, 0.25) is 13.1 Å². The number of hydrogen-bond donors (Lipinski definition) is 0. The number of allylic oxidation sites excluding steroid dienone is 4. The smallest absolute Gasteiger partial charge is 0.0279 e. The van der Waals surface area contributed by atoms with Crippen molar-refractivity contribution in [3.8, 4) is 11.1 Å². The molecular weight excluding hydrogens is 703 g/mol. The SMILES string of the molecule is CC(C)C1=CC2=C(c3cccc4ccccc34)C(C)SC2=[C-]1.C[Si](C)=[Zr+2].Cc1cc2c(-c3ccccc3)ccc(C)c2[cH-]1.[Cl-].[Cl-]. The zero-order chi connectivity index (χ0) is 30.7. The molecule has 0 nitrogen and oxygen atoms in total. The minimum atomic E-state index is 0. The molecule has 45 heavy (non-hydrogen) atoms. The second kappa shape index (κ2) is 16.7. The van der Waals surface area contributed by atoms with Gasteiger partial charge < -0.3 is 24.8 Å². The molecule has 5 aromatic carbocycles. The van der Waals surface area contributed by atoms with Gasteiger partial charge >= 0.3 is 41.9 Å². The van der Waals surface area contributed by atoms with Gasteiger partial charge in [0, 0.05) is 5.25 Å². The van der Waals surface area contributed by atoms with Gasteiger partial charge in [0.15, 0.2) is 0 Å². The molecule has 1 atom stereocenters. The quantitative estimate of drug-likeness (QED) is 0.170. The second-order valence-corrected chi connectivity index (χ2v) is 22.7. The van der Waals surface area contributed by atoms with Crippen molar-refractivity contribution in [1.82, 2.24) is 0 Å². The van der Waals surface area contributed by atoms with Gasteiger partial charge in [-0.1, -0.05) is 118 Å². The monoisotopic (exact) mass is 740 g/mol. The zero-order valence-corrected chi connectivity index (χ0v) is 32.9. The molecule has 0 spiro atoms. The summed E-state index contributed by atoms with van der Waals surface area (Å²) in [6.45, 7) is 15.8. The summed E-state index contributed by atoms with van der Waals surface area (Å²) in [5, 5.41) is 5.91. The molecule has 230 valence electrons. The Morgan fingerprint density at radius 3 is 2.16 bits per heavy atom. The molecule has 1 unspecified atom stereocenters. The van der Waals surface area contributed by atoms with E-state index in [0.29, 0.717) is 11.2 Å². The standard InChI is InChI=1S/C21H19S.C17H15.C2H6Si.2ClH.Zr/c1-13(2)16-11-19-20(12-16)22-14(3)21(19)18-10-6-8-15-7-4-5-9-17(15)18;1-12-10-16-13(2)8-9-15(17(16)11-12)14-6-4-3-5-7-14;1-3-2;;;/h4-11,13-14H,1-3H3;3-11H,1-2H3;1-2H3;2*1H;/q2*-1;;;;+2/p-2. The number of halogens is 2. The van der Waals surface area contributed by atoms with E-state index in [9.17, 15) is 0 Å². The minimum Gasteiger partial charge on any atom is -1.00 e. The Balaban J connectivity index is 0.000000216. The van der Waals surface area contributed by atoms with Gasteiger partial charge in [0.2, 0.25) is 0 Å². The molecule has 5 heteroatoms. The summed E-state index contributed by atoms with van der Waals surface area (Å²) in [6, 6.07) is 34.9. The number of fused-ring (bicyclic) bond motifs is 3. The molecule has 1 aliphatic carbocycles. The summed E-state index contributed by atoms with van der Waals surface area (Å²) < 4.78 is 0. The largest absolute Gasteiger partial charge is 1.00 e. The fraction of sp³-hybridized carbons (Fsp3) is 0.225. The van der Waals surface area contributed by atoms with Crippen LogP contribution < -0.4 is 24.8 Å². The summed E-state index contributed by atoms with van der Waals surface area (Å²) in [6.07, 6.45) is 5.97. The van der Waals surface area contributed by atoms with Crippen LogP contribution in [0.25, 0.3) is 38.2 Å². The van der Waals surface area contributed by atoms with Crippen LogP contribution in [0.5, 0.6) is 0 Å². The summed E-state index contributed by atoms with van der Waals surface area (Å²) in [5.41, 5.74) is 11.1. The predicted molar refractivity (Wildman–Crippen MR) is 190 cm³/mol. The molecule has 1 aliphatic heterocycles. The molecule has 1 heterocycles. The Morgan fingerprint density at radius 1 is 0.822 bits per heavy atom. The van der Waals surface area contributed by atoms with Gasteiger partial charge in [0.1, 0.15) is 0 Å². The van der Waals surface area contributed by atoms with Crippen LogP contribution >= 0.6 is 11.8 Å². The Hall–Kier alpha value is -2.00. The number of aryl methyl sites for hydroxylation is 2. The molecule has 5 aromatic rings. The second-order valence-electron chi connectivity index (χ2n) is 12.0. The summed E-state index contributed by atoms with van der Waals surface area (Å²) >= 11 is 3.69. The molecule has 0 fully saturated rings. The molecule has 2 aliphatic rings. The van der Waals surface area contributed by atoms with Crippen LogP contribution in [0.15, 0.2) is 119 Å². The third-order valence-corrected chi connectivity index (χ3v) is 8.98. The van der Waals surface area contributed by atoms with Crippen molar-refractivity contribution >= 4 is 44.3 Å². The number of thioether (sulfide) groups is 1. The van der Waals surface area contributed by atoms with E-state index in [1.807, 2.05) is 11.8 Å². The van der Waals surface area contributed by atoms with Gasteiger partial charge in [0.05, 0.1) is 0 Å². The predicted octanol–water partition coefficient (Wildman–Crippen LogP) is 5.65. The van der Waals surface area contributed by atoms with Crippen LogP contribution in [0.4, 0.5) is 0 Å². The van der Waals surface area contributed by atoms with Crippen LogP contribution in [0.3, 0.4) is 0 Å². The summed E-state index contributed by atoms with van der Waals surface area (Å²) in [4.78, 5) is 1.33. The molecule has 0 saturated heterocycles. The van der Waals surface area contributed by atoms with E-state index in [-0.39, 0.29) is 30.2 Å². The van der Waals surface area contributed by atoms with Crippen molar-refractivity contribution in [3.63, 3.8) is 0 Å². The molecule has 0 radical (unpaired) electrons. The molecule has 0 amide bonds. The van der Waals surface area contributed by atoms with Crippen molar-refractivity contribution in [2.24, 2.45) is 5.92 Å². The first-order chi connectivity index (χ1) is 20.6. The van der Waals surface area contributed by atoms with E-state index < -0.39 is 0 Å². The Labute approximate surface area is 302 Å². The molecule has 0 bridgehead atoms. The Bertz CT molecular complexity index is 1890. The van der Waals surface area contributed by atoms with E-state index >= 15 is 0 Å². The van der Waals surface area contributed by atoms with Crippen molar-refractivity contribution in [3.05, 3.63) is 142 Å². The Morgan fingerprint density at radius 2 is 1.47 bits per heavy atom. The van der Waals surface area contributed by atoms with E-state index in [2.05, 4.69) is 157 Å². The van der Waals surface area contributed by atoms with Gasteiger partial charge in [0.25, 0.3) is 0 Å². The first-order valence-electron chi connectivity index (χ1n) is 15.1. The normalized spacial score (nSPS) is 14.8. The van der Waals surface area contributed by atoms with Crippen molar-refractivity contribution < 1.29 is 48.1 Å². The Kier molecular flexibility index (Phi) is 13.9. The average Bonchev–Trinajstić information content (AvgIpc) is 3.66. The first kappa shape index (κ1) is 37.5. The van der Waals surface area contributed by atoms with Gasteiger partial charge in [-0.15, -0.1) is 50.7 Å². The van der Waals surface area contributed by atoms with Crippen molar-refractivity contribution in [1.29, 1.82) is 0 Å². The first-order valence-corrected chi connectivity index (χ1v) is 22.2. The maximum absolute atomic E-state index is 3.61. The van der Waals surface area contributed by atoms with Gasteiger partial charge in [-0.2, -0.15) is 23.3 Å². The number of rotatable bonds is 3. The summed E-state index contributed by atoms with van der Waals surface area (Å²) in [5.74, 6) is 0.537. The van der Waals surface area contributed by atoms with E-state index in [1.54, 1.807) is 23.3 Å². The third-order valence-electron chi connectivity index (χ3n) is 7.83. The van der Waals surface area contributed by atoms with Gasteiger partial charge in [-0.05, 0) is 34.7 Å². The van der Waals surface area contributed by atoms with Crippen LogP contribution in [-0.4, -0.2) is 10.7 Å². The maximum atomic E-state index is 3.61. The van der Waals surface area contributed by atoms with Crippen molar-refractivity contribution in [2.75, 3.05) is 0 Å². The number of benzene rings is 4. The molecule has 0 aromatic heterocycles. The summed E-state index contributed by atoms with van der Waals surface area (Å²) in [7, 11) is 0. The van der Waals surface area contributed by atoms with Crippen LogP contribution in [-0.2, 0) is 23.3 Å². The van der Waals surface area contributed by atoms with E-state index in [0.717, 1.165) is 0 Å². The maximum Gasteiger partial charge on any atom is -0.0279 e. The minimum absolute atomic E-state index is 0. The average molecular weight is 743 g/mol. The van der Waals surface area contributed by atoms with Gasteiger partial charge in [-0.3, -0.25) is 0 Å². The van der Waals surface area contributed by atoms with Gasteiger partial charge in [-0.25, -0.2) is 6.08 Å². The fourth-order valence-corrected chi connectivity index (χ4v) is 7.00. The number of hydrogen-bond acceptors (Lipinski definition) is 1. The van der Waals surface area contributed by atoms with Crippen LogP contribution in [0, 0.1) is 25.8 Å². The fourth-order valence-electron chi connectivity index (χ4n) is 5.80. The molecule has 0 N–H and O–H groups in total. The van der Waals surface area contributed by atoms with E-state index in [4.69, 9.17) is 0 Å². The van der Waals surface area contributed by atoms with Crippen molar-refractivity contribution in [2.45, 2.75) is 53.0 Å². The van der Waals surface area contributed by atoms with Crippen LogP contribution in [0.1, 0.15) is 37.5 Å². The topological polar surface area (TPSA) is 0 Å². The molecular formula is C40H40Cl2SSiZr-2. The molecule has 7 rings (SSSR count).